The van der Waals surface area contributed by atoms with Crippen molar-refractivity contribution in [2.45, 2.75) is 51.7 Å². The fraction of sp³-hybridized carbons (Fsp3) is 0.471. The molecule has 2 aromatic rings. The van der Waals surface area contributed by atoms with Crippen LogP contribution >= 0.6 is 0 Å². The lowest BCUT2D eigenvalue weighted by molar-refractivity contribution is 0.376. The van der Waals surface area contributed by atoms with Crippen molar-refractivity contribution in [3.63, 3.8) is 0 Å². The van der Waals surface area contributed by atoms with Crippen LogP contribution < -0.4 is 5.32 Å². The highest BCUT2D eigenvalue weighted by Gasteiger charge is 2.16. The average molecular weight is 269 g/mol. The van der Waals surface area contributed by atoms with E-state index in [2.05, 4.69) is 73.3 Å². The number of hydrogen-bond donors (Lipinski definition) is 1. The number of rotatable bonds is 5. The number of nitrogens with one attached hydrogen (secondary N) is 1. The second kappa shape index (κ2) is 6.11. The molecule has 0 radical (unpaired) electrons. The monoisotopic (exact) mass is 269 g/mol. The van der Waals surface area contributed by atoms with Gasteiger partial charge in [0.1, 0.15) is 0 Å². The summed E-state index contributed by atoms with van der Waals surface area (Å²) in [5, 5.41) is 13.8. The summed E-state index contributed by atoms with van der Waals surface area (Å²) in [4.78, 5) is 0. The maximum Gasteiger partial charge on any atom is 0.0957 e. The number of nitrogens with zero attached hydrogens (tertiary/aromatic N) is 2. The van der Waals surface area contributed by atoms with Crippen molar-refractivity contribution in [1.29, 1.82) is 5.26 Å². The smallest absolute Gasteiger partial charge is 0.0957 e. The van der Waals surface area contributed by atoms with Gasteiger partial charge in [-0.3, -0.25) is 5.32 Å². The minimum atomic E-state index is -0.0724. The molecule has 0 amide bonds. The topological polar surface area (TPSA) is 40.8 Å². The van der Waals surface area contributed by atoms with Gasteiger partial charge in [-0.25, -0.2) is 0 Å². The van der Waals surface area contributed by atoms with Gasteiger partial charge in [0.2, 0.25) is 0 Å². The van der Waals surface area contributed by atoms with Gasteiger partial charge in [-0.2, -0.15) is 5.26 Å². The van der Waals surface area contributed by atoms with E-state index in [0.29, 0.717) is 0 Å². The number of hydrogen-bond acceptors (Lipinski definition) is 2. The first kappa shape index (κ1) is 14.6. The Morgan fingerprint density at radius 2 is 2.00 bits per heavy atom. The Labute approximate surface area is 121 Å². The van der Waals surface area contributed by atoms with Crippen molar-refractivity contribution >= 4 is 10.9 Å². The van der Waals surface area contributed by atoms with E-state index >= 15 is 0 Å². The van der Waals surface area contributed by atoms with E-state index in [4.69, 9.17) is 0 Å². The van der Waals surface area contributed by atoms with Crippen LogP contribution in [-0.2, 0) is 6.54 Å². The van der Waals surface area contributed by atoms with Gasteiger partial charge in [0, 0.05) is 23.8 Å². The maximum absolute atomic E-state index is 9.20. The summed E-state index contributed by atoms with van der Waals surface area (Å²) in [6, 6.07) is 12.8. The molecule has 0 aliphatic carbocycles. The van der Waals surface area contributed by atoms with Gasteiger partial charge < -0.3 is 4.57 Å². The Morgan fingerprint density at radius 3 is 2.70 bits per heavy atom. The molecule has 0 saturated heterocycles. The van der Waals surface area contributed by atoms with Crippen LogP contribution in [0.5, 0.6) is 0 Å². The number of nitriles is 1. The summed E-state index contributed by atoms with van der Waals surface area (Å²) in [5.41, 5.74) is 1.25. The van der Waals surface area contributed by atoms with Crippen LogP contribution in [0, 0.1) is 11.3 Å². The molecule has 2 rings (SSSR count). The number of aromatic nitrogens is 1. The zero-order valence-corrected chi connectivity index (χ0v) is 12.6. The molecule has 1 aromatic carbocycles. The van der Waals surface area contributed by atoms with Gasteiger partial charge >= 0.3 is 0 Å². The highest BCUT2D eigenvalue weighted by molar-refractivity contribution is 5.79. The molecule has 1 unspecified atom stereocenters. The first-order valence-electron chi connectivity index (χ1n) is 7.21. The quantitative estimate of drug-likeness (QED) is 0.899. The van der Waals surface area contributed by atoms with E-state index in [0.717, 1.165) is 19.4 Å². The molecule has 3 heteroatoms. The lowest BCUT2D eigenvalue weighted by atomic mass is 10.1. The van der Waals surface area contributed by atoms with E-state index in [1.165, 1.54) is 10.9 Å². The number of benzene rings is 1. The summed E-state index contributed by atoms with van der Waals surface area (Å²) < 4.78 is 2.26. The number of para-hydroxylation sites is 1. The lowest BCUT2D eigenvalue weighted by Crippen LogP contribution is -2.43. The Bertz CT molecular complexity index is 598. The van der Waals surface area contributed by atoms with Crippen LogP contribution in [0.1, 0.15) is 33.6 Å². The first-order valence-corrected chi connectivity index (χ1v) is 7.21. The zero-order chi connectivity index (χ0) is 14.6. The molecular formula is C17H23N3. The molecule has 0 spiro atoms. The Kier molecular flexibility index (Phi) is 4.46. The molecule has 1 aromatic heterocycles. The predicted molar refractivity (Wildman–Crippen MR) is 83.5 cm³/mol. The van der Waals surface area contributed by atoms with Crippen molar-refractivity contribution in [1.82, 2.24) is 9.88 Å². The largest absolute Gasteiger partial charge is 0.347 e. The van der Waals surface area contributed by atoms with Crippen LogP contribution in [0.25, 0.3) is 10.9 Å². The molecule has 20 heavy (non-hydrogen) atoms. The summed E-state index contributed by atoms with van der Waals surface area (Å²) in [7, 11) is 0. The molecule has 3 nitrogen and oxygen atoms in total. The van der Waals surface area contributed by atoms with E-state index < -0.39 is 0 Å². The predicted octanol–water partition coefficient (Wildman–Crippen LogP) is 3.70. The van der Waals surface area contributed by atoms with Crippen LogP contribution in [0.3, 0.4) is 0 Å². The molecule has 0 aliphatic heterocycles. The van der Waals surface area contributed by atoms with Gasteiger partial charge in [-0.05, 0) is 51.1 Å². The van der Waals surface area contributed by atoms with Crippen LogP contribution in [0.15, 0.2) is 36.5 Å². The molecule has 0 aliphatic rings. The van der Waals surface area contributed by atoms with Crippen molar-refractivity contribution in [2.75, 3.05) is 0 Å². The summed E-state index contributed by atoms with van der Waals surface area (Å²) in [6.07, 6.45) is 4.00. The SMILES string of the molecule is CC(C)(C)NC(C#N)CCCn1ccc2ccccc21. The van der Waals surface area contributed by atoms with E-state index in [9.17, 15) is 5.26 Å². The summed E-state index contributed by atoms with van der Waals surface area (Å²) >= 11 is 0. The Morgan fingerprint density at radius 1 is 1.25 bits per heavy atom. The minimum Gasteiger partial charge on any atom is -0.347 e. The normalized spacial score (nSPS) is 13.3. The zero-order valence-electron chi connectivity index (χ0n) is 12.6. The fourth-order valence-corrected chi connectivity index (χ4v) is 2.49. The molecule has 1 heterocycles. The van der Waals surface area contributed by atoms with Crippen LogP contribution in [0.2, 0.25) is 0 Å². The van der Waals surface area contributed by atoms with Gasteiger partial charge in [0.15, 0.2) is 0 Å². The van der Waals surface area contributed by atoms with Crippen LogP contribution in [0.4, 0.5) is 0 Å². The highest BCUT2D eigenvalue weighted by Crippen LogP contribution is 2.16. The molecular weight excluding hydrogens is 246 g/mol. The third kappa shape index (κ3) is 3.85. The van der Waals surface area contributed by atoms with E-state index in [1.54, 1.807) is 0 Å². The Hall–Kier alpha value is -1.79. The molecule has 1 N–H and O–H groups in total. The molecule has 106 valence electrons. The first-order chi connectivity index (χ1) is 9.49. The van der Waals surface area contributed by atoms with Gasteiger partial charge in [-0.15, -0.1) is 0 Å². The number of fused-ring (bicyclic) bond motifs is 1. The van der Waals surface area contributed by atoms with Gasteiger partial charge in [0.25, 0.3) is 0 Å². The number of aryl methyl sites for hydroxylation is 1. The second-order valence-electron chi connectivity index (χ2n) is 6.29. The lowest BCUT2D eigenvalue weighted by Gasteiger charge is -2.24. The minimum absolute atomic E-state index is 0.0133. The maximum atomic E-state index is 9.20. The molecule has 0 saturated carbocycles. The fourth-order valence-electron chi connectivity index (χ4n) is 2.49. The van der Waals surface area contributed by atoms with Crippen molar-refractivity contribution in [3.05, 3.63) is 36.5 Å². The van der Waals surface area contributed by atoms with Gasteiger partial charge in [0.05, 0.1) is 12.1 Å². The van der Waals surface area contributed by atoms with Crippen molar-refractivity contribution in [3.8, 4) is 6.07 Å². The van der Waals surface area contributed by atoms with Gasteiger partial charge in [-0.1, -0.05) is 18.2 Å². The van der Waals surface area contributed by atoms with E-state index in [1.807, 2.05) is 0 Å². The third-order valence-corrected chi connectivity index (χ3v) is 3.34. The molecule has 1 atom stereocenters. The average Bonchev–Trinajstić information content (AvgIpc) is 2.80. The molecule has 0 bridgehead atoms. The molecule has 0 fully saturated rings. The summed E-state index contributed by atoms with van der Waals surface area (Å²) in [5.74, 6) is 0. The summed E-state index contributed by atoms with van der Waals surface area (Å²) in [6.45, 7) is 7.24. The Balaban J connectivity index is 1.91. The van der Waals surface area contributed by atoms with E-state index in [-0.39, 0.29) is 11.6 Å². The van der Waals surface area contributed by atoms with Crippen molar-refractivity contribution in [2.24, 2.45) is 0 Å². The van der Waals surface area contributed by atoms with Crippen molar-refractivity contribution < 1.29 is 0 Å². The third-order valence-electron chi connectivity index (χ3n) is 3.34. The standard InChI is InChI=1S/C17H23N3/c1-17(2,3)19-15(13-18)8-6-11-20-12-10-14-7-4-5-9-16(14)20/h4-5,7,9-10,12,15,19H,6,8,11H2,1-3H3. The highest BCUT2D eigenvalue weighted by atomic mass is 15.0. The second-order valence-corrected chi connectivity index (χ2v) is 6.29. The van der Waals surface area contributed by atoms with Crippen LogP contribution in [-0.4, -0.2) is 16.1 Å².